The maximum absolute atomic E-state index is 13.6. The zero-order chi connectivity index (χ0) is 13.1. The third-order valence-electron chi connectivity index (χ3n) is 2.50. The van der Waals surface area contributed by atoms with Crippen LogP contribution in [0.1, 0.15) is 16.1 Å². The highest BCUT2D eigenvalue weighted by Gasteiger charge is 2.14. The van der Waals surface area contributed by atoms with Crippen LogP contribution in [0.25, 0.3) is 0 Å². The molecular formula is C12H11BrFN3O. The number of H-pyrrole nitrogens is 1. The molecule has 0 saturated heterocycles. The quantitative estimate of drug-likeness (QED) is 0.947. The number of halogens is 2. The Labute approximate surface area is 112 Å². The van der Waals surface area contributed by atoms with Gasteiger partial charge in [0.15, 0.2) is 0 Å². The van der Waals surface area contributed by atoms with Crippen LogP contribution >= 0.6 is 15.9 Å². The molecule has 0 unspecified atom stereocenters. The van der Waals surface area contributed by atoms with E-state index in [2.05, 4.69) is 26.1 Å². The number of benzene rings is 1. The van der Waals surface area contributed by atoms with Gasteiger partial charge in [-0.15, -0.1) is 0 Å². The number of hydrogen-bond acceptors (Lipinski definition) is 2. The number of amides is 1. The molecule has 0 saturated carbocycles. The van der Waals surface area contributed by atoms with Gasteiger partial charge in [0.25, 0.3) is 5.91 Å². The van der Waals surface area contributed by atoms with E-state index in [-0.39, 0.29) is 18.3 Å². The molecular weight excluding hydrogens is 301 g/mol. The van der Waals surface area contributed by atoms with Crippen molar-refractivity contribution in [1.29, 1.82) is 0 Å². The van der Waals surface area contributed by atoms with E-state index < -0.39 is 0 Å². The summed E-state index contributed by atoms with van der Waals surface area (Å²) >= 11 is 3.19. The van der Waals surface area contributed by atoms with E-state index in [4.69, 9.17) is 0 Å². The predicted octanol–water partition coefficient (Wildman–Crippen LogP) is 2.58. The fourth-order valence-electron chi connectivity index (χ4n) is 1.56. The molecule has 18 heavy (non-hydrogen) atoms. The molecule has 0 spiro atoms. The number of hydrogen-bond donors (Lipinski definition) is 1. The van der Waals surface area contributed by atoms with Crippen molar-refractivity contribution in [2.24, 2.45) is 0 Å². The first-order valence-corrected chi connectivity index (χ1v) is 6.06. The Morgan fingerprint density at radius 2 is 2.28 bits per heavy atom. The van der Waals surface area contributed by atoms with Crippen molar-refractivity contribution in [2.45, 2.75) is 6.54 Å². The molecule has 0 fully saturated rings. The Hall–Kier alpha value is -1.69. The van der Waals surface area contributed by atoms with Gasteiger partial charge in [-0.1, -0.05) is 22.0 Å². The fraction of sp³-hybridized carbons (Fsp3) is 0.167. The maximum Gasteiger partial charge on any atom is 0.271 e. The number of aromatic nitrogens is 2. The summed E-state index contributed by atoms with van der Waals surface area (Å²) in [6, 6.07) is 6.35. The van der Waals surface area contributed by atoms with E-state index in [9.17, 15) is 9.18 Å². The Kier molecular flexibility index (Phi) is 3.76. The van der Waals surface area contributed by atoms with Gasteiger partial charge >= 0.3 is 0 Å². The molecule has 2 rings (SSSR count). The van der Waals surface area contributed by atoms with E-state index in [1.807, 2.05) is 0 Å². The second-order valence-electron chi connectivity index (χ2n) is 3.87. The van der Waals surface area contributed by atoms with Crippen molar-refractivity contribution >= 4 is 21.8 Å². The maximum atomic E-state index is 13.6. The van der Waals surface area contributed by atoms with Gasteiger partial charge in [0, 0.05) is 29.8 Å². The molecule has 2 aromatic rings. The van der Waals surface area contributed by atoms with Gasteiger partial charge in [0.2, 0.25) is 0 Å². The van der Waals surface area contributed by atoms with Gasteiger partial charge in [0.1, 0.15) is 11.5 Å². The minimum Gasteiger partial charge on any atom is -0.336 e. The number of carbonyl (C=O) groups is 1. The summed E-state index contributed by atoms with van der Waals surface area (Å²) in [5.41, 5.74) is 0.851. The molecule has 1 aromatic heterocycles. The smallest absolute Gasteiger partial charge is 0.271 e. The highest BCUT2D eigenvalue weighted by Crippen LogP contribution is 2.17. The third-order valence-corrected chi connectivity index (χ3v) is 2.99. The van der Waals surface area contributed by atoms with Crippen LogP contribution in [0.15, 0.2) is 34.9 Å². The average molecular weight is 312 g/mol. The fourth-order valence-corrected chi connectivity index (χ4v) is 1.89. The summed E-state index contributed by atoms with van der Waals surface area (Å²) in [5.74, 6) is -0.566. The zero-order valence-electron chi connectivity index (χ0n) is 9.65. The molecule has 0 aliphatic rings. The molecule has 1 heterocycles. The van der Waals surface area contributed by atoms with Crippen molar-refractivity contribution in [1.82, 2.24) is 15.1 Å². The van der Waals surface area contributed by atoms with Crippen molar-refractivity contribution in [3.63, 3.8) is 0 Å². The second-order valence-corrected chi connectivity index (χ2v) is 4.78. The van der Waals surface area contributed by atoms with Crippen molar-refractivity contribution in [3.05, 3.63) is 52.0 Å². The van der Waals surface area contributed by atoms with Crippen LogP contribution in [0.3, 0.4) is 0 Å². The summed E-state index contributed by atoms with van der Waals surface area (Å²) in [7, 11) is 1.62. The van der Waals surface area contributed by atoms with Crippen LogP contribution in [-0.2, 0) is 6.54 Å². The minimum absolute atomic E-state index is 0.205. The van der Waals surface area contributed by atoms with E-state index in [0.29, 0.717) is 15.7 Å². The van der Waals surface area contributed by atoms with E-state index in [0.717, 1.165) is 0 Å². The zero-order valence-corrected chi connectivity index (χ0v) is 11.2. The Bertz CT molecular complexity index is 556. The number of nitrogens with one attached hydrogen (secondary N) is 1. The SMILES string of the molecule is CN(Cc1ccc(Br)cc1F)C(=O)c1ccn[nH]1. The van der Waals surface area contributed by atoms with Crippen LogP contribution in [0.4, 0.5) is 4.39 Å². The molecule has 6 heteroatoms. The third kappa shape index (κ3) is 2.76. The van der Waals surface area contributed by atoms with Gasteiger partial charge in [-0.2, -0.15) is 5.10 Å². The molecule has 1 N–H and O–H groups in total. The minimum atomic E-state index is -0.339. The molecule has 4 nitrogen and oxygen atoms in total. The largest absolute Gasteiger partial charge is 0.336 e. The Morgan fingerprint density at radius 1 is 1.50 bits per heavy atom. The summed E-state index contributed by atoms with van der Waals surface area (Å²) in [4.78, 5) is 13.3. The number of rotatable bonds is 3. The number of aromatic amines is 1. The summed E-state index contributed by atoms with van der Waals surface area (Å²) < 4.78 is 14.3. The lowest BCUT2D eigenvalue weighted by Crippen LogP contribution is -2.26. The highest BCUT2D eigenvalue weighted by atomic mass is 79.9. The van der Waals surface area contributed by atoms with Crippen LogP contribution in [-0.4, -0.2) is 28.1 Å². The molecule has 1 amide bonds. The lowest BCUT2D eigenvalue weighted by atomic mass is 10.2. The molecule has 0 bridgehead atoms. The van der Waals surface area contributed by atoms with Crippen molar-refractivity contribution in [3.8, 4) is 0 Å². The van der Waals surface area contributed by atoms with E-state index >= 15 is 0 Å². The molecule has 94 valence electrons. The summed E-state index contributed by atoms with van der Waals surface area (Å²) in [5, 5.41) is 6.29. The molecule has 0 radical (unpaired) electrons. The first-order valence-electron chi connectivity index (χ1n) is 5.26. The van der Waals surface area contributed by atoms with Gasteiger partial charge in [-0.05, 0) is 18.2 Å². The monoisotopic (exact) mass is 311 g/mol. The summed E-state index contributed by atoms with van der Waals surface area (Å²) in [6.07, 6.45) is 1.50. The van der Waals surface area contributed by atoms with Gasteiger partial charge in [0.05, 0.1) is 0 Å². The van der Waals surface area contributed by atoms with E-state index in [1.54, 1.807) is 25.2 Å². The lowest BCUT2D eigenvalue weighted by Gasteiger charge is -2.16. The van der Waals surface area contributed by atoms with E-state index in [1.165, 1.54) is 17.2 Å². The van der Waals surface area contributed by atoms with Crippen LogP contribution in [0.2, 0.25) is 0 Å². The lowest BCUT2D eigenvalue weighted by molar-refractivity contribution is 0.0778. The second kappa shape index (κ2) is 5.30. The van der Waals surface area contributed by atoms with Crippen LogP contribution in [0, 0.1) is 5.82 Å². The molecule has 1 aromatic carbocycles. The van der Waals surface area contributed by atoms with Crippen LogP contribution in [0.5, 0.6) is 0 Å². The van der Waals surface area contributed by atoms with Gasteiger partial charge in [-0.25, -0.2) is 4.39 Å². The Balaban J connectivity index is 2.11. The summed E-state index contributed by atoms with van der Waals surface area (Å²) in [6.45, 7) is 0.205. The molecule has 0 atom stereocenters. The Morgan fingerprint density at radius 3 is 2.89 bits per heavy atom. The predicted molar refractivity (Wildman–Crippen MR) is 68.5 cm³/mol. The van der Waals surface area contributed by atoms with Gasteiger partial charge in [-0.3, -0.25) is 9.89 Å². The average Bonchev–Trinajstić information content (AvgIpc) is 2.85. The highest BCUT2D eigenvalue weighted by molar-refractivity contribution is 9.10. The number of carbonyl (C=O) groups excluding carboxylic acids is 1. The first-order chi connectivity index (χ1) is 8.58. The van der Waals surface area contributed by atoms with Crippen molar-refractivity contribution < 1.29 is 9.18 Å². The normalized spacial score (nSPS) is 10.4. The molecule has 0 aliphatic heterocycles. The first kappa shape index (κ1) is 12.8. The topological polar surface area (TPSA) is 49.0 Å². The molecule has 0 aliphatic carbocycles. The number of nitrogens with zero attached hydrogens (tertiary/aromatic N) is 2. The van der Waals surface area contributed by atoms with Gasteiger partial charge < -0.3 is 4.90 Å². The van der Waals surface area contributed by atoms with Crippen molar-refractivity contribution in [2.75, 3.05) is 7.05 Å². The van der Waals surface area contributed by atoms with Crippen LogP contribution < -0.4 is 0 Å². The standard InChI is InChI=1S/C12H11BrFN3O/c1-17(12(18)11-4-5-15-16-11)7-8-2-3-9(13)6-10(8)14/h2-6H,7H2,1H3,(H,15,16).